The third-order valence-electron chi connectivity index (χ3n) is 7.09. The fraction of sp³-hybridized carbons (Fsp3) is 0.464. The molecule has 0 radical (unpaired) electrons. The van der Waals surface area contributed by atoms with Crippen molar-refractivity contribution in [2.75, 3.05) is 27.4 Å². The molecular weight excluding hydrogens is 601 g/mol. The van der Waals surface area contributed by atoms with Crippen molar-refractivity contribution in [3.8, 4) is 6.07 Å². The number of rotatable bonds is 9. The molecule has 2 aromatic rings. The van der Waals surface area contributed by atoms with Crippen molar-refractivity contribution in [2.45, 2.75) is 49.3 Å². The number of hydrogen-bond acceptors (Lipinski definition) is 9. The summed E-state index contributed by atoms with van der Waals surface area (Å²) < 4.78 is 40.4. The van der Waals surface area contributed by atoms with E-state index in [4.69, 9.17) is 14.7 Å². The van der Waals surface area contributed by atoms with E-state index in [1.54, 1.807) is 21.0 Å². The Hall–Kier alpha value is -3.12. The highest BCUT2D eigenvalue weighted by atomic mass is 32.2. The Morgan fingerprint density at radius 1 is 1.33 bits per heavy atom. The zero-order valence-corrected chi connectivity index (χ0v) is 26.9. The molecule has 1 saturated carbocycles. The minimum absolute atomic E-state index is 0.0275. The molecule has 1 aromatic heterocycles. The van der Waals surface area contributed by atoms with Crippen LogP contribution in [0.25, 0.3) is 11.9 Å². The zero-order chi connectivity index (χ0) is 30.9. The lowest BCUT2D eigenvalue weighted by Gasteiger charge is -2.34. The summed E-state index contributed by atoms with van der Waals surface area (Å²) in [6.45, 7) is 8.82. The van der Waals surface area contributed by atoms with E-state index in [0.29, 0.717) is 18.6 Å². The molecule has 1 fully saturated rings. The van der Waals surface area contributed by atoms with E-state index >= 15 is 4.39 Å². The van der Waals surface area contributed by atoms with Gasteiger partial charge in [-0.25, -0.2) is 23.6 Å². The number of nitrogens with one attached hydrogen (secondary N) is 1. The first-order valence-corrected chi connectivity index (χ1v) is 18.6. The molecule has 224 valence electrons. The lowest BCUT2D eigenvalue weighted by atomic mass is 9.84. The number of aliphatic imine (C=N–C) groups is 1. The van der Waals surface area contributed by atoms with Gasteiger partial charge in [0.2, 0.25) is 5.91 Å². The van der Waals surface area contributed by atoms with Crippen molar-refractivity contribution in [1.29, 1.82) is 5.26 Å². The predicted octanol–water partition coefficient (Wildman–Crippen LogP) is 5.82. The van der Waals surface area contributed by atoms with Gasteiger partial charge in [-0.1, -0.05) is 25.7 Å². The van der Waals surface area contributed by atoms with Crippen LogP contribution in [0.3, 0.4) is 0 Å². The Balaban J connectivity index is 1.61. The van der Waals surface area contributed by atoms with Gasteiger partial charge in [-0.3, -0.25) is 10.1 Å². The third kappa shape index (κ3) is 6.91. The summed E-state index contributed by atoms with van der Waals surface area (Å²) in [6.07, 6.45) is 2.06. The molecule has 0 bridgehead atoms. The van der Waals surface area contributed by atoms with Crippen molar-refractivity contribution in [3.05, 3.63) is 51.2 Å². The number of benzene rings is 1. The Morgan fingerprint density at radius 3 is 2.71 bits per heavy atom. The highest BCUT2D eigenvalue weighted by molar-refractivity contribution is 8.15. The van der Waals surface area contributed by atoms with Gasteiger partial charge in [-0.05, 0) is 54.9 Å². The standard InChI is InChI=1S/C28H33F2N5O4S2Si/c1-27(19-11-17(7-8-20(19)29)12-21(30)23-32-15-18(14-31)40-23)22-13-28(22,24(36)35(2)3)41-26(34-27)39-25(37)33-16-38-9-10-42(4,5)6/h7-8,11-12,15,22H,9-10,13,16H2,1-6H3,(H,33,37)/b21-12-/t22-,27+,28-/m0/s1. The molecule has 4 rings (SSSR count). The van der Waals surface area contributed by atoms with Gasteiger partial charge in [-0.2, -0.15) is 5.26 Å². The van der Waals surface area contributed by atoms with Crippen LogP contribution < -0.4 is 5.32 Å². The van der Waals surface area contributed by atoms with Crippen LogP contribution in [0.15, 0.2) is 29.4 Å². The van der Waals surface area contributed by atoms with E-state index in [9.17, 15) is 14.0 Å². The number of nitriles is 1. The van der Waals surface area contributed by atoms with Gasteiger partial charge in [0.15, 0.2) is 10.8 Å². The molecule has 2 amide bonds. The average Bonchev–Trinajstić information content (AvgIpc) is 3.47. The summed E-state index contributed by atoms with van der Waals surface area (Å²) in [6, 6.07) is 6.96. The predicted molar refractivity (Wildman–Crippen MR) is 163 cm³/mol. The maximum Gasteiger partial charge on any atom is 0.416 e. The molecule has 1 aliphatic heterocycles. The van der Waals surface area contributed by atoms with Crippen molar-refractivity contribution in [2.24, 2.45) is 10.9 Å². The third-order valence-corrected chi connectivity index (χ3v) is 11.0. The van der Waals surface area contributed by atoms with Gasteiger partial charge in [0, 0.05) is 40.3 Å². The first kappa shape index (κ1) is 31.8. The Labute approximate surface area is 253 Å². The van der Waals surface area contributed by atoms with E-state index in [-0.39, 0.29) is 33.3 Å². The molecule has 3 atom stereocenters. The highest BCUT2D eigenvalue weighted by Gasteiger charge is 2.71. The van der Waals surface area contributed by atoms with Gasteiger partial charge >= 0.3 is 6.09 Å². The first-order chi connectivity index (χ1) is 19.7. The van der Waals surface area contributed by atoms with E-state index in [1.807, 2.05) is 6.07 Å². The molecule has 0 unspecified atom stereocenters. The van der Waals surface area contributed by atoms with Gasteiger partial charge in [0.25, 0.3) is 5.23 Å². The summed E-state index contributed by atoms with van der Waals surface area (Å²) in [5, 5.41) is 11.5. The lowest BCUT2D eigenvalue weighted by molar-refractivity contribution is -0.129. The Bertz CT molecular complexity index is 1490. The number of fused-ring (bicyclic) bond motifs is 1. The number of amides is 2. The van der Waals surface area contributed by atoms with Crippen LogP contribution in [0.1, 0.15) is 34.4 Å². The van der Waals surface area contributed by atoms with Crippen LogP contribution in [-0.4, -0.2) is 67.4 Å². The number of ether oxygens (including phenoxy) is 2. The number of halogens is 2. The quantitative estimate of drug-likeness (QED) is 0.210. The molecule has 9 nitrogen and oxygen atoms in total. The van der Waals surface area contributed by atoms with Crippen LogP contribution >= 0.6 is 23.1 Å². The number of thioether (sulfide) groups is 1. The molecule has 1 aliphatic carbocycles. The van der Waals surface area contributed by atoms with Crippen LogP contribution in [0, 0.1) is 23.1 Å². The fourth-order valence-corrected chi connectivity index (χ4v) is 7.68. The Morgan fingerprint density at radius 2 is 2.07 bits per heavy atom. The lowest BCUT2D eigenvalue weighted by Crippen LogP contribution is -2.43. The number of hydrogen-bond donors (Lipinski definition) is 1. The van der Waals surface area contributed by atoms with E-state index in [2.05, 4.69) is 34.9 Å². The molecule has 0 spiro atoms. The molecule has 2 aliphatic rings. The van der Waals surface area contributed by atoms with Gasteiger partial charge in [-0.15, -0.1) is 11.3 Å². The zero-order valence-electron chi connectivity index (χ0n) is 24.3. The summed E-state index contributed by atoms with van der Waals surface area (Å²) in [7, 11) is 1.98. The molecule has 14 heteroatoms. The van der Waals surface area contributed by atoms with Crippen LogP contribution in [-0.2, 0) is 19.8 Å². The number of aromatic nitrogens is 1. The summed E-state index contributed by atoms with van der Waals surface area (Å²) in [5.74, 6) is -1.87. The molecule has 0 saturated heterocycles. The summed E-state index contributed by atoms with van der Waals surface area (Å²) >= 11 is 1.96. The fourth-order valence-electron chi connectivity index (χ4n) is 4.75. The van der Waals surface area contributed by atoms with Crippen LogP contribution in [0.4, 0.5) is 13.6 Å². The van der Waals surface area contributed by atoms with Crippen molar-refractivity contribution in [1.82, 2.24) is 15.2 Å². The second-order valence-corrected chi connectivity index (χ2v) is 19.7. The van der Waals surface area contributed by atoms with Crippen molar-refractivity contribution >= 4 is 60.3 Å². The summed E-state index contributed by atoms with van der Waals surface area (Å²) in [4.78, 5) is 36.2. The highest BCUT2D eigenvalue weighted by Crippen LogP contribution is 2.67. The van der Waals surface area contributed by atoms with Gasteiger partial charge in [0.1, 0.15) is 28.2 Å². The second-order valence-electron chi connectivity index (χ2n) is 11.8. The molecular formula is C28H33F2N5O4S2Si. The molecule has 42 heavy (non-hydrogen) atoms. The monoisotopic (exact) mass is 633 g/mol. The smallest absolute Gasteiger partial charge is 0.385 e. The second kappa shape index (κ2) is 12.2. The topological polar surface area (TPSA) is 117 Å². The molecule has 1 N–H and O–H groups in total. The van der Waals surface area contributed by atoms with Crippen LogP contribution in [0.5, 0.6) is 0 Å². The summed E-state index contributed by atoms with van der Waals surface area (Å²) in [5.41, 5.74) is -0.816. The van der Waals surface area contributed by atoms with Gasteiger partial charge < -0.3 is 14.4 Å². The molecule has 2 heterocycles. The SMILES string of the molecule is CN(C)C(=O)[C@]12C[C@H]1[C@@](C)(c1cc(/C=C(\F)c3ncc(C#N)s3)ccc1F)N=C(OC(=O)NCOCC[Si](C)(C)C)S2. The number of alkyl carbamates (subject to hydrolysis) is 1. The number of carbonyl (C=O) groups excluding carboxylic acids is 2. The maximum atomic E-state index is 15.4. The Kier molecular flexibility index (Phi) is 9.27. The van der Waals surface area contributed by atoms with Crippen LogP contribution in [0.2, 0.25) is 25.7 Å². The number of nitrogens with zero attached hydrogens (tertiary/aromatic N) is 4. The van der Waals surface area contributed by atoms with E-state index in [1.165, 1.54) is 35.4 Å². The largest absolute Gasteiger partial charge is 0.416 e. The van der Waals surface area contributed by atoms with E-state index in [0.717, 1.165) is 29.1 Å². The minimum atomic E-state index is -1.29. The number of carbonyl (C=O) groups is 2. The minimum Gasteiger partial charge on any atom is -0.385 e. The average molecular weight is 634 g/mol. The van der Waals surface area contributed by atoms with Crippen molar-refractivity contribution in [3.63, 3.8) is 0 Å². The van der Waals surface area contributed by atoms with Crippen molar-refractivity contribution < 1.29 is 27.8 Å². The number of thiazole rings is 1. The molecule has 1 aromatic carbocycles. The van der Waals surface area contributed by atoms with Gasteiger partial charge in [0.05, 0.1) is 11.7 Å². The maximum absolute atomic E-state index is 15.4. The first-order valence-electron chi connectivity index (χ1n) is 13.3. The normalized spacial score (nSPS) is 23.4. The van der Waals surface area contributed by atoms with E-state index < -0.39 is 42.0 Å².